The Morgan fingerprint density at radius 1 is 1.62 bits per heavy atom. The molecule has 0 saturated heterocycles. The van der Waals surface area contributed by atoms with Crippen LogP contribution < -0.4 is 0 Å². The van der Waals surface area contributed by atoms with Crippen molar-refractivity contribution in [2.45, 2.75) is 25.4 Å². The summed E-state index contributed by atoms with van der Waals surface area (Å²) >= 11 is 0. The molecule has 0 bridgehead atoms. The van der Waals surface area contributed by atoms with Crippen molar-refractivity contribution in [3.63, 3.8) is 0 Å². The fraction of sp³-hybridized carbons (Fsp3) is 0.500. The summed E-state index contributed by atoms with van der Waals surface area (Å²) in [5.41, 5.74) is 2.34. The van der Waals surface area contributed by atoms with Crippen LogP contribution in [0.25, 0.3) is 5.57 Å². The van der Waals surface area contributed by atoms with Gasteiger partial charge in [-0.2, -0.15) is 5.10 Å². The van der Waals surface area contributed by atoms with Gasteiger partial charge in [0, 0.05) is 13.2 Å². The third-order valence-corrected chi connectivity index (χ3v) is 2.49. The molecule has 0 amide bonds. The van der Waals surface area contributed by atoms with E-state index in [1.54, 1.807) is 6.20 Å². The standard InChI is InChI=1S/C10H14N2O/c1-12-10(5-6-11-12)8-3-2-4-9(13)7-8/h5-7,9,13H,2-4H2,1H3. The molecule has 0 fully saturated rings. The highest BCUT2D eigenvalue weighted by Crippen LogP contribution is 2.25. The van der Waals surface area contributed by atoms with Crippen molar-refractivity contribution in [3.05, 3.63) is 24.0 Å². The molecule has 70 valence electrons. The number of aliphatic hydroxyl groups is 1. The molecule has 2 rings (SSSR count). The van der Waals surface area contributed by atoms with Crippen LogP contribution in [0.3, 0.4) is 0 Å². The zero-order valence-electron chi connectivity index (χ0n) is 7.77. The van der Waals surface area contributed by atoms with Gasteiger partial charge in [0.1, 0.15) is 0 Å². The molecule has 1 aliphatic rings. The molecule has 0 aliphatic heterocycles. The van der Waals surface area contributed by atoms with Gasteiger partial charge < -0.3 is 5.11 Å². The van der Waals surface area contributed by atoms with Crippen molar-refractivity contribution in [3.8, 4) is 0 Å². The van der Waals surface area contributed by atoms with Crippen molar-refractivity contribution in [1.82, 2.24) is 9.78 Å². The highest BCUT2D eigenvalue weighted by molar-refractivity contribution is 5.63. The van der Waals surface area contributed by atoms with E-state index in [9.17, 15) is 5.11 Å². The van der Waals surface area contributed by atoms with Crippen molar-refractivity contribution in [2.24, 2.45) is 7.05 Å². The first-order valence-corrected chi connectivity index (χ1v) is 4.64. The summed E-state index contributed by atoms with van der Waals surface area (Å²) in [4.78, 5) is 0. The summed E-state index contributed by atoms with van der Waals surface area (Å²) in [5, 5.41) is 13.6. The monoisotopic (exact) mass is 178 g/mol. The first-order chi connectivity index (χ1) is 6.27. The van der Waals surface area contributed by atoms with E-state index in [1.807, 2.05) is 23.9 Å². The average Bonchev–Trinajstić information content (AvgIpc) is 2.51. The van der Waals surface area contributed by atoms with E-state index >= 15 is 0 Å². The van der Waals surface area contributed by atoms with Crippen LogP contribution in [0.2, 0.25) is 0 Å². The average molecular weight is 178 g/mol. The lowest BCUT2D eigenvalue weighted by molar-refractivity contribution is 0.206. The van der Waals surface area contributed by atoms with Crippen LogP contribution >= 0.6 is 0 Å². The van der Waals surface area contributed by atoms with Crippen LogP contribution in [0.5, 0.6) is 0 Å². The number of allylic oxidation sites excluding steroid dienone is 1. The van der Waals surface area contributed by atoms with Crippen molar-refractivity contribution in [1.29, 1.82) is 0 Å². The van der Waals surface area contributed by atoms with Gasteiger partial charge in [-0.25, -0.2) is 0 Å². The highest BCUT2D eigenvalue weighted by Gasteiger charge is 2.13. The minimum Gasteiger partial charge on any atom is -0.389 e. The van der Waals surface area contributed by atoms with E-state index in [0.29, 0.717) is 0 Å². The molecule has 1 aromatic heterocycles. The van der Waals surface area contributed by atoms with E-state index in [0.717, 1.165) is 25.0 Å². The lowest BCUT2D eigenvalue weighted by atomic mass is 9.95. The molecule has 3 heteroatoms. The van der Waals surface area contributed by atoms with E-state index < -0.39 is 0 Å². The second-order valence-electron chi connectivity index (χ2n) is 3.49. The summed E-state index contributed by atoms with van der Waals surface area (Å²) < 4.78 is 1.85. The zero-order valence-corrected chi connectivity index (χ0v) is 7.77. The van der Waals surface area contributed by atoms with Gasteiger partial charge in [-0.3, -0.25) is 4.68 Å². The number of aryl methyl sites for hydroxylation is 1. The van der Waals surface area contributed by atoms with Crippen LogP contribution in [0.1, 0.15) is 25.0 Å². The van der Waals surface area contributed by atoms with Gasteiger partial charge in [0.05, 0.1) is 11.8 Å². The van der Waals surface area contributed by atoms with Crippen LogP contribution in [0.15, 0.2) is 18.3 Å². The minimum absolute atomic E-state index is 0.265. The molecule has 0 radical (unpaired) electrons. The third kappa shape index (κ3) is 1.65. The van der Waals surface area contributed by atoms with Crippen LogP contribution in [0, 0.1) is 0 Å². The van der Waals surface area contributed by atoms with Crippen molar-refractivity contribution < 1.29 is 5.11 Å². The second-order valence-corrected chi connectivity index (χ2v) is 3.49. The molecule has 3 nitrogen and oxygen atoms in total. The van der Waals surface area contributed by atoms with Crippen LogP contribution in [-0.2, 0) is 7.05 Å². The Morgan fingerprint density at radius 2 is 2.46 bits per heavy atom. The second kappa shape index (κ2) is 3.34. The lowest BCUT2D eigenvalue weighted by Gasteiger charge is -2.16. The maximum absolute atomic E-state index is 9.46. The Morgan fingerprint density at radius 3 is 3.08 bits per heavy atom. The summed E-state index contributed by atoms with van der Waals surface area (Å²) in [6, 6.07) is 1.99. The maximum Gasteiger partial charge on any atom is 0.0727 e. The Kier molecular flexibility index (Phi) is 2.19. The summed E-state index contributed by atoms with van der Waals surface area (Å²) in [5.74, 6) is 0. The van der Waals surface area contributed by atoms with Crippen molar-refractivity contribution in [2.75, 3.05) is 0 Å². The van der Waals surface area contributed by atoms with E-state index in [-0.39, 0.29) is 6.10 Å². The van der Waals surface area contributed by atoms with Crippen LogP contribution in [-0.4, -0.2) is 21.0 Å². The molecule has 1 atom stereocenters. The molecular weight excluding hydrogens is 164 g/mol. The fourth-order valence-electron chi connectivity index (χ4n) is 1.80. The first-order valence-electron chi connectivity index (χ1n) is 4.64. The van der Waals surface area contributed by atoms with Gasteiger partial charge in [0.15, 0.2) is 0 Å². The van der Waals surface area contributed by atoms with E-state index in [4.69, 9.17) is 0 Å². The largest absolute Gasteiger partial charge is 0.389 e. The molecular formula is C10H14N2O. The molecule has 0 spiro atoms. The number of aromatic nitrogens is 2. The Bertz CT molecular complexity index is 327. The smallest absolute Gasteiger partial charge is 0.0727 e. The molecule has 1 N–H and O–H groups in total. The minimum atomic E-state index is -0.265. The number of hydrogen-bond acceptors (Lipinski definition) is 2. The van der Waals surface area contributed by atoms with Gasteiger partial charge in [-0.15, -0.1) is 0 Å². The Labute approximate surface area is 77.7 Å². The summed E-state index contributed by atoms with van der Waals surface area (Å²) in [6.45, 7) is 0. The molecule has 1 heterocycles. The quantitative estimate of drug-likeness (QED) is 0.705. The fourth-order valence-corrected chi connectivity index (χ4v) is 1.80. The third-order valence-electron chi connectivity index (χ3n) is 2.49. The highest BCUT2D eigenvalue weighted by atomic mass is 16.3. The summed E-state index contributed by atoms with van der Waals surface area (Å²) in [7, 11) is 1.93. The van der Waals surface area contributed by atoms with Gasteiger partial charge in [-0.05, 0) is 30.9 Å². The Hall–Kier alpha value is -1.09. The number of hydrogen-bond donors (Lipinski definition) is 1. The van der Waals surface area contributed by atoms with Gasteiger partial charge in [-0.1, -0.05) is 6.08 Å². The van der Waals surface area contributed by atoms with Gasteiger partial charge in [0.25, 0.3) is 0 Å². The molecule has 0 saturated carbocycles. The predicted octanol–water partition coefficient (Wildman–Crippen LogP) is 1.35. The summed E-state index contributed by atoms with van der Waals surface area (Å²) in [6.07, 6.45) is 6.48. The normalized spacial score (nSPS) is 22.9. The molecule has 0 aromatic carbocycles. The van der Waals surface area contributed by atoms with Crippen LogP contribution in [0.4, 0.5) is 0 Å². The van der Waals surface area contributed by atoms with Gasteiger partial charge >= 0.3 is 0 Å². The molecule has 1 aliphatic carbocycles. The van der Waals surface area contributed by atoms with Crippen molar-refractivity contribution >= 4 is 5.57 Å². The molecule has 13 heavy (non-hydrogen) atoms. The van der Waals surface area contributed by atoms with Gasteiger partial charge in [0.2, 0.25) is 0 Å². The SMILES string of the molecule is Cn1nccc1C1=CC(O)CCC1. The molecule has 1 unspecified atom stereocenters. The topological polar surface area (TPSA) is 38.0 Å². The Balaban J connectivity index is 2.30. The van der Waals surface area contributed by atoms with E-state index in [2.05, 4.69) is 5.10 Å². The molecule has 1 aromatic rings. The number of aliphatic hydroxyl groups excluding tert-OH is 1. The number of nitrogens with zero attached hydrogens (tertiary/aromatic N) is 2. The zero-order chi connectivity index (χ0) is 9.26. The van der Waals surface area contributed by atoms with E-state index in [1.165, 1.54) is 5.57 Å². The lowest BCUT2D eigenvalue weighted by Crippen LogP contribution is -2.10. The predicted molar refractivity (Wildman–Crippen MR) is 51.0 cm³/mol. The number of rotatable bonds is 1. The maximum atomic E-state index is 9.46. The first kappa shape index (κ1) is 8.51.